The Hall–Kier alpha value is -6.59. The molecule has 9 aromatic rings. The van der Waals surface area contributed by atoms with Crippen molar-refractivity contribution >= 4 is 55.2 Å². The molecule has 0 spiro atoms. The third-order valence-electron chi connectivity index (χ3n) is 9.15. The molecule has 0 aliphatic heterocycles. The Morgan fingerprint density at radius 2 is 0.667 bits per heavy atom. The largest absolute Gasteiger partial charge is 0.309 e. The molecule has 6 aromatic carbocycles. The monoisotopic (exact) mass is 617 g/mol. The number of hydrogen-bond acceptors (Lipinski definition) is 3. The highest BCUT2D eigenvalue weighted by Crippen LogP contribution is 2.33. The van der Waals surface area contributed by atoms with Crippen molar-refractivity contribution in [3.8, 4) is 11.4 Å². The molecule has 0 radical (unpaired) electrons. The number of nitrogens with zero attached hydrogens (tertiary/aromatic N) is 3. The predicted molar refractivity (Wildman–Crippen MR) is 193 cm³/mol. The number of pyridine rings is 1. The van der Waals surface area contributed by atoms with Gasteiger partial charge in [0.15, 0.2) is 0 Å². The lowest BCUT2D eigenvalue weighted by atomic mass is 10.0. The Morgan fingerprint density at radius 1 is 0.354 bits per heavy atom. The van der Waals surface area contributed by atoms with Crippen LogP contribution in [0.4, 0.5) is 0 Å². The van der Waals surface area contributed by atoms with Gasteiger partial charge in [0.25, 0.3) is 0 Å². The van der Waals surface area contributed by atoms with Crippen LogP contribution in [0.5, 0.6) is 0 Å². The lowest BCUT2D eigenvalue weighted by Crippen LogP contribution is -2.10. The van der Waals surface area contributed by atoms with Crippen molar-refractivity contribution in [2.24, 2.45) is 0 Å². The number of para-hydroxylation sites is 4. The smallest absolute Gasteiger partial charge is 0.211 e. The second-order valence-corrected chi connectivity index (χ2v) is 11.9. The van der Waals surface area contributed by atoms with Gasteiger partial charge in [0, 0.05) is 44.0 Å². The summed E-state index contributed by atoms with van der Waals surface area (Å²) in [6.45, 7) is 0. The maximum absolute atomic E-state index is 13.6. The van der Waals surface area contributed by atoms with E-state index in [-0.39, 0.29) is 23.0 Å². The van der Waals surface area contributed by atoms with Crippen LogP contribution in [0, 0.1) is 0 Å². The molecule has 0 bridgehead atoms. The molecule has 9 rings (SSSR count). The average molecular weight is 618 g/mol. The Labute approximate surface area is 275 Å². The molecular weight excluding hydrogens is 590 g/mol. The van der Waals surface area contributed by atoms with Crippen molar-refractivity contribution < 1.29 is 9.59 Å². The predicted octanol–water partition coefficient (Wildman–Crippen LogP) is 9.74. The average Bonchev–Trinajstić information content (AvgIpc) is 3.68. The number of ketones is 2. The number of fused-ring (bicyclic) bond motifs is 6. The topological polar surface area (TPSA) is 56.9 Å². The van der Waals surface area contributed by atoms with Crippen molar-refractivity contribution in [2.75, 3.05) is 0 Å². The van der Waals surface area contributed by atoms with E-state index >= 15 is 0 Å². The van der Waals surface area contributed by atoms with E-state index in [0.29, 0.717) is 11.1 Å². The van der Waals surface area contributed by atoms with E-state index in [1.54, 1.807) is 18.2 Å². The van der Waals surface area contributed by atoms with Crippen LogP contribution >= 0.6 is 0 Å². The molecule has 48 heavy (non-hydrogen) atoms. The molecule has 0 N–H and O–H groups in total. The molecule has 0 unspecified atom stereocenters. The van der Waals surface area contributed by atoms with Crippen LogP contribution in [0.2, 0.25) is 0 Å². The minimum atomic E-state index is -0.236. The zero-order valence-electron chi connectivity index (χ0n) is 25.7. The van der Waals surface area contributed by atoms with Crippen molar-refractivity contribution in [3.63, 3.8) is 0 Å². The minimum absolute atomic E-state index is 0.229. The summed E-state index contributed by atoms with van der Waals surface area (Å²) >= 11 is 0. The van der Waals surface area contributed by atoms with Crippen molar-refractivity contribution in [1.82, 2.24) is 14.1 Å². The fourth-order valence-corrected chi connectivity index (χ4v) is 6.91. The van der Waals surface area contributed by atoms with Crippen molar-refractivity contribution in [1.29, 1.82) is 0 Å². The summed E-state index contributed by atoms with van der Waals surface area (Å²) in [6, 6.07) is 53.5. The third-order valence-corrected chi connectivity index (χ3v) is 9.15. The molecule has 0 aliphatic rings. The maximum Gasteiger partial charge on any atom is 0.211 e. The summed E-state index contributed by atoms with van der Waals surface area (Å²) in [4.78, 5) is 31.7. The molecule has 0 atom stereocenters. The number of rotatable bonds is 6. The minimum Gasteiger partial charge on any atom is -0.309 e. The van der Waals surface area contributed by atoms with Gasteiger partial charge in [0.1, 0.15) is 11.4 Å². The molecule has 0 aliphatic carbocycles. The Morgan fingerprint density at radius 3 is 1.00 bits per heavy atom. The first-order valence-electron chi connectivity index (χ1n) is 15.9. The molecule has 0 fully saturated rings. The highest BCUT2D eigenvalue weighted by Gasteiger charge is 2.18. The molecule has 5 heteroatoms. The number of hydrogen-bond donors (Lipinski definition) is 0. The fraction of sp³-hybridized carbons (Fsp3) is 0. The summed E-state index contributed by atoms with van der Waals surface area (Å²) in [7, 11) is 0. The number of aromatic nitrogens is 3. The summed E-state index contributed by atoms with van der Waals surface area (Å²) in [5.74, 6) is -0.472. The van der Waals surface area contributed by atoms with Crippen LogP contribution in [-0.4, -0.2) is 25.7 Å². The number of carbonyl (C=O) groups is 2. The van der Waals surface area contributed by atoms with Gasteiger partial charge in [-0.15, -0.1) is 0 Å². The summed E-state index contributed by atoms with van der Waals surface area (Å²) in [5.41, 5.74) is 7.82. The zero-order chi connectivity index (χ0) is 32.2. The molecule has 226 valence electrons. The van der Waals surface area contributed by atoms with Crippen LogP contribution < -0.4 is 0 Å². The van der Waals surface area contributed by atoms with E-state index in [2.05, 4.69) is 86.9 Å². The van der Waals surface area contributed by atoms with E-state index in [1.165, 1.54) is 21.5 Å². The first-order chi connectivity index (χ1) is 23.7. The number of carbonyl (C=O) groups excluding carboxylic acids is 2. The van der Waals surface area contributed by atoms with Gasteiger partial charge in [-0.1, -0.05) is 78.9 Å². The summed E-state index contributed by atoms with van der Waals surface area (Å²) in [5, 5.41) is 4.72. The van der Waals surface area contributed by atoms with Crippen molar-refractivity contribution in [3.05, 3.63) is 186 Å². The highest BCUT2D eigenvalue weighted by atomic mass is 16.1. The molecule has 0 saturated carbocycles. The van der Waals surface area contributed by atoms with Crippen LogP contribution in [0.3, 0.4) is 0 Å². The zero-order valence-corrected chi connectivity index (χ0v) is 25.7. The lowest BCUT2D eigenvalue weighted by molar-refractivity contribution is 0.103. The second kappa shape index (κ2) is 11.0. The van der Waals surface area contributed by atoms with Gasteiger partial charge in [-0.3, -0.25) is 9.59 Å². The van der Waals surface area contributed by atoms with Crippen LogP contribution in [0.25, 0.3) is 55.0 Å². The van der Waals surface area contributed by atoms with E-state index in [1.807, 2.05) is 72.8 Å². The molecule has 0 amide bonds. The van der Waals surface area contributed by atoms with Crippen molar-refractivity contribution in [2.45, 2.75) is 0 Å². The Balaban J connectivity index is 1.00. The Bertz CT molecular complexity index is 2410. The molecule has 5 nitrogen and oxygen atoms in total. The van der Waals surface area contributed by atoms with Gasteiger partial charge < -0.3 is 9.13 Å². The third kappa shape index (κ3) is 4.37. The SMILES string of the molecule is O=C(c1ccc(-n2c3ccccc3c3ccccc32)cc1)c1cccc(C(=O)c2ccc(-n3c4ccccc4c4ccccc43)cc2)n1. The van der Waals surface area contributed by atoms with Crippen LogP contribution in [0.1, 0.15) is 32.1 Å². The van der Waals surface area contributed by atoms with Gasteiger partial charge >= 0.3 is 0 Å². The molecule has 0 saturated heterocycles. The Kier molecular flexibility index (Phi) is 6.37. The molecule has 3 aromatic heterocycles. The first kappa shape index (κ1) is 27.7. The van der Waals surface area contributed by atoms with Gasteiger partial charge in [-0.2, -0.15) is 0 Å². The number of benzene rings is 6. The van der Waals surface area contributed by atoms with Crippen LogP contribution in [-0.2, 0) is 0 Å². The van der Waals surface area contributed by atoms with Gasteiger partial charge in [0.2, 0.25) is 11.6 Å². The van der Waals surface area contributed by atoms with Crippen LogP contribution in [0.15, 0.2) is 164 Å². The van der Waals surface area contributed by atoms with Gasteiger partial charge in [0.05, 0.1) is 22.1 Å². The molecule has 3 heterocycles. The van der Waals surface area contributed by atoms with Gasteiger partial charge in [-0.25, -0.2) is 4.98 Å². The molecular formula is C43H27N3O2. The quantitative estimate of drug-likeness (QED) is 0.175. The van der Waals surface area contributed by atoms with E-state index in [0.717, 1.165) is 33.4 Å². The fourth-order valence-electron chi connectivity index (χ4n) is 6.91. The lowest BCUT2D eigenvalue weighted by Gasteiger charge is -2.10. The van der Waals surface area contributed by atoms with Gasteiger partial charge in [-0.05, 0) is 84.9 Å². The van der Waals surface area contributed by atoms with E-state index in [4.69, 9.17) is 0 Å². The van der Waals surface area contributed by atoms with E-state index in [9.17, 15) is 9.59 Å². The summed E-state index contributed by atoms with van der Waals surface area (Å²) in [6.07, 6.45) is 0. The maximum atomic E-state index is 13.6. The normalized spacial score (nSPS) is 11.5. The highest BCUT2D eigenvalue weighted by molar-refractivity contribution is 6.12. The second-order valence-electron chi connectivity index (χ2n) is 11.9. The standard InChI is InChI=1S/C43H27N3O2/c47-42(28-20-24-30(25-21-28)45-38-16-5-1-10-32(38)33-11-2-6-17-39(33)45)36-14-9-15-37(44-36)43(48)29-22-26-31(27-23-29)46-40-18-7-3-12-34(40)35-13-4-8-19-41(35)46/h1-27H. The van der Waals surface area contributed by atoms with E-state index < -0.39 is 0 Å². The first-order valence-corrected chi connectivity index (χ1v) is 15.9. The summed E-state index contributed by atoms with van der Waals surface area (Å²) < 4.78 is 4.42.